The van der Waals surface area contributed by atoms with Crippen molar-refractivity contribution in [3.63, 3.8) is 0 Å². The summed E-state index contributed by atoms with van der Waals surface area (Å²) in [5, 5.41) is 4.84. The lowest BCUT2D eigenvalue weighted by Crippen LogP contribution is -2.26. The fraction of sp³-hybridized carbons (Fsp3) is 0.0769. The van der Waals surface area contributed by atoms with E-state index in [2.05, 4.69) is 21.2 Å². The fourth-order valence-electron chi connectivity index (χ4n) is 3.12. The van der Waals surface area contributed by atoms with Gasteiger partial charge in [0.15, 0.2) is 0 Å². The van der Waals surface area contributed by atoms with Gasteiger partial charge >= 0.3 is 0 Å². The number of hydrogen-bond donors (Lipinski definition) is 1. The number of amidine groups is 1. The second-order valence-corrected chi connectivity index (χ2v) is 6.89. The van der Waals surface area contributed by atoms with Crippen LogP contribution in [-0.4, -0.2) is 17.9 Å². The summed E-state index contributed by atoms with van der Waals surface area (Å²) in [5.74, 6) is 4.03. The number of aliphatic imine (C=N–C) groups is 1. The van der Waals surface area contributed by atoms with Gasteiger partial charge in [-0.05, 0) is 47.7 Å². The maximum atomic E-state index is 13.4. The highest BCUT2D eigenvalue weighted by Gasteiger charge is 2.06. The summed E-state index contributed by atoms with van der Waals surface area (Å²) in [4.78, 5) is 8.84. The van der Waals surface area contributed by atoms with Crippen molar-refractivity contribution in [2.45, 2.75) is 6.61 Å². The number of ether oxygens (including phenoxy) is 2. The number of methoxy groups -OCH3 is 1. The van der Waals surface area contributed by atoms with Gasteiger partial charge in [0.25, 0.3) is 0 Å². The molecule has 0 saturated heterocycles. The van der Waals surface area contributed by atoms with Crippen LogP contribution in [0.5, 0.6) is 11.6 Å². The number of fused-ring (bicyclic) bond motifs is 1. The number of terminal acetylenes is 1. The highest BCUT2D eigenvalue weighted by atomic mass is 19.1. The molecule has 0 radical (unpaired) electrons. The molecule has 0 bridgehead atoms. The summed E-state index contributed by atoms with van der Waals surface area (Å²) in [5.41, 5.74) is 1.95. The van der Waals surface area contributed by atoms with Crippen LogP contribution in [0.2, 0.25) is 0 Å². The van der Waals surface area contributed by atoms with Gasteiger partial charge in [0, 0.05) is 23.2 Å². The Balaban J connectivity index is 1.61. The number of rotatable bonds is 5. The third-order valence-electron chi connectivity index (χ3n) is 4.68. The van der Waals surface area contributed by atoms with Crippen molar-refractivity contribution in [3.8, 4) is 24.0 Å². The predicted molar refractivity (Wildman–Crippen MR) is 124 cm³/mol. The summed E-state index contributed by atoms with van der Waals surface area (Å²) < 4.78 is 24.6. The van der Waals surface area contributed by atoms with Crippen LogP contribution >= 0.6 is 0 Å². The molecule has 3 aromatic rings. The van der Waals surface area contributed by atoms with E-state index in [4.69, 9.17) is 15.9 Å². The number of hydrogen-bond acceptors (Lipinski definition) is 5. The third kappa shape index (κ3) is 5.02. The first-order valence-corrected chi connectivity index (χ1v) is 9.87. The van der Waals surface area contributed by atoms with Crippen molar-refractivity contribution in [2.75, 3.05) is 12.4 Å². The molecule has 0 spiro atoms. The molecule has 2 aromatic carbocycles. The lowest BCUT2D eigenvalue weighted by molar-refractivity contribution is 0.297. The number of benzene rings is 2. The summed E-state index contributed by atoms with van der Waals surface area (Å²) in [6, 6.07) is 15.4. The molecule has 0 aliphatic carbocycles. The highest BCUT2D eigenvalue weighted by Crippen LogP contribution is 2.16. The minimum Gasteiger partial charge on any atom is -0.486 e. The summed E-state index contributed by atoms with van der Waals surface area (Å²) in [7, 11) is 1.57. The molecule has 0 unspecified atom stereocenters. The van der Waals surface area contributed by atoms with E-state index in [1.807, 2.05) is 36.4 Å². The van der Waals surface area contributed by atoms with E-state index in [1.165, 1.54) is 12.1 Å². The lowest BCUT2D eigenvalue weighted by atomic mass is 10.1. The number of nitrogens with one attached hydrogen (secondary N) is 1. The molecule has 1 N–H and O–H groups in total. The van der Waals surface area contributed by atoms with Crippen molar-refractivity contribution in [1.29, 1.82) is 0 Å². The van der Waals surface area contributed by atoms with E-state index < -0.39 is 0 Å². The first-order chi connectivity index (χ1) is 15.6. The van der Waals surface area contributed by atoms with Gasteiger partial charge in [0.1, 0.15) is 24.0 Å². The molecule has 0 amide bonds. The molecule has 5 nitrogen and oxygen atoms in total. The molecule has 158 valence electrons. The van der Waals surface area contributed by atoms with Crippen molar-refractivity contribution < 1.29 is 13.9 Å². The van der Waals surface area contributed by atoms with Crippen molar-refractivity contribution >= 4 is 23.8 Å². The van der Waals surface area contributed by atoms with E-state index in [1.54, 1.807) is 37.6 Å². The molecule has 1 aliphatic rings. The molecule has 1 aliphatic heterocycles. The Morgan fingerprint density at radius 2 is 1.97 bits per heavy atom. The molecule has 1 aromatic heterocycles. The van der Waals surface area contributed by atoms with Gasteiger partial charge in [0.05, 0.1) is 18.4 Å². The van der Waals surface area contributed by atoms with Crippen LogP contribution in [0.25, 0.3) is 12.3 Å². The van der Waals surface area contributed by atoms with Crippen LogP contribution in [0.15, 0.2) is 71.7 Å². The third-order valence-corrected chi connectivity index (χ3v) is 4.68. The maximum Gasteiger partial charge on any atom is 0.213 e. The quantitative estimate of drug-likeness (QED) is 0.637. The second-order valence-electron chi connectivity index (χ2n) is 6.89. The second kappa shape index (κ2) is 9.63. The summed E-state index contributed by atoms with van der Waals surface area (Å²) >= 11 is 0. The van der Waals surface area contributed by atoms with Gasteiger partial charge in [-0.15, -0.1) is 6.42 Å². The number of pyridine rings is 1. The van der Waals surface area contributed by atoms with Crippen molar-refractivity contribution in [1.82, 2.24) is 4.98 Å². The molecule has 2 heterocycles. The lowest BCUT2D eigenvalue weighted by Gasteiger charge is -2.10. The fourth-order valence-corrected chi connectivity index (χ4v) is 3.12. The first kappa shape index (κ1) is 20.9. The molecule has 0 fully saturated rings. The van der Waals surface area contributed by atoms with E-state index in [9.17, 15) is 4.39 Å². The van der Waals surface area contributed by atoms with E-state index in [0.717, 1.165) is 16.1 Å². The van der Waals surface area contributed by atoms with Crippen LogP contribution in [0.1, 0.15) is 11.3 Å². The molecule has 4 rings (SSSR count). The minimum absolute atomic E-state index is 0.254. The topological polar surface area (TPSA) is 55.7 Å². The summed E-state index contributed by atoms with van der Waals surface area (Å²) in [6.07, 6.45) is 13.0. The average molecular weight is 425 g/mol. The molecular weight excluding hydrogens is 405 g/mol. The van der Waals surface area contributed by atoms with Crippen LogP contribution in [0, 0.1) is 18.2 Å². The molecule has 6 heteroatoms. The Morgan fingerprint density at radius 1 is 1.09 bits per heavy atom. The van der Waals surface area contributed by atoms with E-state index in [-0.39, 0.29) is 12.4 Å². The monoisotopic (exact) mass is 425 g/mol. The van der Waals surface area contributed by atoms with Gasteiger partial charge in [-0.25, -0.2) is 14.4 Å². The molecule has 0 saturated carbocycles. The van der Waals surface area contributed by atoms with Crippen LogP contribution in [-0.2, 0) is 6.61 Å². The molecular formula is C26H20FN3O2. The molecule has 0 atom stereocenters. The van der Waals surface area contributed by atoms with Crippen molar-refractivity contribution in [3.05, 3.63) is 94.3 Å². The SMILES string of the molecule is C#Cc1cc2/c(cc1OCc1cccc(OC)n1)=C/C=C/C(Nc1cccc(F)c1)=N\C=2. The number of halogens is 1. The van der Waals surface area contributed by atoms with Gasteiger partial charge in [-0.1, -0.05) is 30.2 Å². The predicted octanol–water partition coefficient (Wildman–Crippen LogP) is 3.39. The van der Waals surface area contributed by atoms with Gasteiger partial charge in [-0.2, -0.15) is 0 Å². The Morgan fingerprint density at radius 3 is 2.78 bits per heavy atom. The number of nitrogens with zero attached hydrogens (tertiary/aromatic N) is 2. The van der Waals surface area contributed by atoms with Crippen LogP contribution in [0.3, 0.4) is 0 Å². The standard InChI is InChI=1S/C26H20FN3O2/c1-3-18-13-20-16-28-25(29-22-9-5-8-21(27)15-22)11-4-7-19(20)14-24(18)32-17-23-10-6-12-26(30-23)31-2/h1,4-16H,17H2,2H3,(H,28,29). The smallest absolute Gasteiger partial charge is 0.213 e. The first-order valence-electron chi connectivity index (χ1n) is 9.87. The van der Waals surface area contributed by atoms with Crippen molar-refractivity contribution in [2.24, 2.45) is 4.99 Å². The average Bonchev–Trinajstić information content (AvgIpc) is 2.80. The Labute approximate surface area is 185 Å². The Bertz CT molecular complexity index is 1370. The van der Waals surface area contributed by atoms with Gasteiger partial charge in [-0.3, -0.25) is 0 Å². The highest BCUT2D eigenvalue weighted by molar-refractivity contribution is 6.05. The maximum absolute atomic E-state index is 13.4. The largest absolute Gasteiger partial charge is 0.486 e. The van der Waals surface area contributed by atoms with E-state index >= 15 is 0 Å². The number of allylic oxidation sites excluding steroid dienone is 1. The minimum atomic E-state index is -0.318. The molecule has 32 heavy (non-hydrogen) atoms. The van der Waals surface area contributed by atoms with Gasteiger partial charge < -0.3 is 14.8 Å². The Kier molecular flexibility index (Phi) is 6.28. The van der Waals surface area contributed by atoms with Crippen LogP contribution in [0.4, 0.5) is 10.1 Å². The number of aromatic nitrogens is 1. The zero-order valence-electron chi connectivity index (χ0n) is 17.4. The summed E-state index contributed by atoms with van der Waals surface area (Å²) in [6.45, 7) is 0.254. The zero-order valence-corrected chi connectivity index (χ0v) is 17.4. The Hall–Kier alpha value is -4.37. The van der Waals surface area contributed by atoms with Crippen LogP contribution < -0.4 is 25.2 Å². The zero-order chi connectivity index (χ0) is 22.3. The van der Waals surface area contributed by atoms with Gasteiger partial charge in [0.2, 0.25) is 5.88 Å². The van der Waals surface area contributed by atoms with E-state index in [0.29, 0.717) is 28.7 Å². The normalized spacial score (nSPS) is 16.8. The number of anilines is 1.